The Bertz CT molecular complexity index is 3720. The molecule has 44 nitrogen and oxygen atoms in total. The van der Waals surface area contributed by atoms with Crippen LogP contribution in [-0.2, 0) is 121 Å². The van der Waals surface area contributed by atoms with Crippen molar-refractivity contribution in [1.29, 1.82) is 0 Å². The van der Waals surface area contributed by atoms with Gasteiger partial charge in [0.05, 0.1) is 135 Å². The van der Waals surface area contributed by atoms with Gasteiger partial charge in [0.25, 0.3) is 0 Å². The molecule has 0 bridgehead atoms. The third kappa shape index (κ3) is 31.5. The first-order valence-corrected chi connectivity index (χ1v) is 47.8. The predicted molar refractivity (Wildman–Crippen MR) is 462 cm³/mol. The molecule has 8 aliphatic rings. The molecule has 44 heteroatoms. The highest BCUT2D eigenvalue weighted by molar-refractivity contribution is 5.80. The Kier molecular flexibility index (Phi) is 45.0. The first kappa shape index (κ1) is 108. The minimum absolute atomic E-state index is 0.00637. The van der Waals surface area contributed by atoms with Crippen LogP contribution in [0.5, 0.6) is 0 Å². The second-order valence-electron chi connectivity index (χ2n) is 36.8. The maximum absolute atomic E-state index is 14.3. The molecule has 4 saturated carbocycles. The number of nitrogens with one attached hydrogen (secondary N) is 4. The number of aromatic nitrogens is 6. The van der Waals surface area contributed by atoms with Gasteiger partial charge >= 0.3 is 11.9 Å². The molecule has 4 saturated heterocycles. The van der Waals surface area contributed by atoms with E-state index in [4.69, 9.17) is 77.8 Å². The summed E-state index contributed by atoms with van der Waals surface area (Å²) in [4.78, 5) is 82.2. The van der Waals surface area contributed by atoms with E-state index in [9.17, 15) is 90.0 Å². The molecule has 0 aromatic carbocycles. The van der Waals surface area contributed by atoms with E-state index in [-0.39, 0.29) is 206 Å². The van der Waals surface area contributed by atoms with Gasteiger partial charge in [-0.2, -0.15) is 0 Å². The lowest BCUT2D eigenvalue weighted by molar-refractivity contribution is -0.340. The summed E-state index contributed by atoms with van der Waals surface area (Å²) in [7, 11) is 0. The van der Waals surface area contributed by atoms with Gasteiger partial charge in [-0.3, -0.25) is 28.5 Å². The first-order valence-electron chi connectivity index (χ1n) is 47.8. The lowest BCUT2D eigenvalue weighted by Crippen LogP contribution is -2.67. The number of nitrogens with two attached hydrogens (primary N) is 2. The van der Waals surface area contributed by atoms with Gasteiger partial charge in [-0.25, -0.2) is 9.59 Å². The molecule has 6 heterocycles. The minimum Gasteiger partial charge on any atom is -0.479 e. The maximum atomic E-state index is 14.3. The smallest absolute Gasteiger partial charge is 0.332 e. The Morgan fingerprint density at radius 2 is 0.977 bits per heavy atom. The topological polar surface area (TPSA) is 636 Å². The molecule has 2 aromatic rings. The Labute approximate surface area is 770 Å². The van der Waals surface area contributed by atoms with Gasteiger partial charge in [-0.05, 0) is 101 Å². The van der Waals surface area contributed by atoms with E-state index in [1.807, 2.05) is 13.8 Å². The summed E-state index contributed by atoms with van der Waals surface area (Å²) in [6, 6.07) is -2.81. The summed E-state index contributed by atoms with van der Waals surface area (Å²) in [5, 5.41) is 161. The number of ether oxygens (including phenoxy) is 14. The van der Waals surface area contributed by atoms with Crippen LogP contribution in [0.15, 0.2) is 12.4 Å². The van der Waals surface area contributed by atoms with Gasteiger partial charge < -0.3 is 160 Å². The van der Waals surface area contributed by atoms with Crippen LogP contribution in [0.2, 0.25) is 0 Å². The minimum atomic E-state index is -1.99. The molecule has 4 aliphatic carbocycles. The van der Waals surface area contributed by atoms with Crippen molar-refractivity contribution in [2.75, 3.05) is 98.9 Å². The van der Waals surface area contributed by atoms with E-state index in [1.165, 1.54) is 0 Å². The standard InChI is InChI=1S/C88H150N12O32/c1-5-54-37-56(81(112)91-23-21-89)39-61(60(54)41-62-73(107)76(110)72(106)51(4)125-62)128-85-70(78(74(108)66(45-101)130-85)126-64(83(114)115)35-52-15-9-7-10-16-52)93-68(104)19-13-25-99-43-58(95-97-99)47-122-33-31-120-29-27-119-28-30-121-32-34-123-48-59-44-100(98-96-59)26-14-20-69(105)94-71-79(127-65(84(116)117)36-53-17-11-8-12-18-53)75(109)67(46-102)131-86(71)129-63-40-57(82(113)92-24-22-90)38-55(6-2)77(63)132-87-80(111)88(118,49-103)42-50(3)124-87/h43-44,50-57,60-67,70-80,85-87,101-103,106-111,118H,5-42,45-49,89-90H2,1-4H3,(H,91,112)(H,92,113)(H,93,104)(H,94,105)(H,114,115)(H,116,117)/t50?,51?,54?,55?,56?,57?,60?,61-,62+,63-,64+,65+,66?,67?,70?,71?,72-,73?,74+,75+,76?,77?,78?,79?,80?,85-,86-,87+,88?/m1/s1. The molecule has 2 aromatic heterocycles. The molecule has 29 atom stereocenters. The second-order valence-corrected chi connectivity index (χ2v) is 36.8. The average Bonchev–Trinajstić information content (AvgIpc) is 0.934. The molecule has 18 unspecified atom stereocenters. The maximum Gasteiger partial charge on any atom is 0.332 e. The number of aliphatic carboxylic acids is 2. The molecule has 754 valence electrons. The van der Waals surface area contributed by atoms with Crippen molar-refractivity contribution in [2.24, 2.45) is 52.9 Å². The van der Waals surface area contributed by atoms with Crippen LogP contribution in [0.4, 0.5) is 0 Å². The normalized spacial score (nSPS) is 33.7. The van der Waals surface area contributed by atoms with E-state index in [1.54, 1.807) is 35.6 Å². The summed E-state index contributed by atoms with van der Waals surface area (Å²) in [5.41, 5.74) is 10.6. The Hall–Kier alpha value is -5.94. The van der Waals surface area contributed by atoms with Crippen LogP contribution in [-0.4, -0.2) is 372 Å². The van der Waals surface area contributed by atoms with Gasteiger partial charge in [0.1, 0.15) is 90.1 Å². The molecular weight excluding hydrogens is 1740 g/mol. The van der Waals surface area contributed by atoms with Gasteiger partial charge in [0, 0.05) is 70.4 Å². The number of amides is 4. The fourth-order valence-corrected chi connectivity index (χ4v) is 19.8. The molecular formula is C88H150N12O32. The highest BCUT2D eigenvalue weighted by atomic mass is 16.7. The van der Waals surface area contributed by atoms with E-state index in [0.29, 0.717) is 30.7 Å². The molecule has 0 spiro atoms. The summed E-state index contributed by atoms with van der Waals surface area (Å²) >= 11 is 0. The zero-order valence-corrected chi connectivity index (χ0v) is 76.8. The number of hydrogen-bond donors (Lipinski definition) is 18. The summed E-state index contributed by atoms with van der Waals surface area (Å²) in [6.07, 6.45) is -13.8. The van der Waals surface area contributed by atoms with Crippen LogP contribution in [0.1, 0.15) is 193 Å². The Morgan fingerprint density at radius 3 is 1.42 bits per heavy atom. The zero-order valence-electron chi connectivity index (χ0n) is 76.8. The molecule has 8 fully saturated rings. The summed E-state index contributed by atoms with van der Waals surface area (Å²) < 4.78 is 89.6. The molecule has 10 rings (SSSR count). The Balaban J connectivity index is 0.641. The van der Waals surface area contributed by atoms with Crippen LogP contribution in [0.3, 0.4) is 0 Å². The van der Waals surface area contributed by atoms with Crippen LogP contribution in [0, 0.1) is 41.4 Å². The number of aliphatic hydroxyl groups is 10. The third-order valence-corrected chi connectivity index (χ3v) is 27.1. The highest BCUT2D eigenvalue weighted by Crippen LogP contribution is 2.46. The van der Waals surface area contributed by atoms with Crippen molar-refractivity contribution in [3.63, 3.8) is 0 Å². The number of hydrogen-bond acceptors (Lipinski definition) is 36. The van der Waals surface area contributed by atoms with Crippen molar-refractivity contribution >= 4 is 35.6 Å². The van der Waals surface area contributed by atoms with Crippen molar-refractivity contribution in [3.8, 4) is 0 Å². The van der Waals surface area contributed by atoms with Crippen LogP contribution >= 0.6 is 0 Å². The fourth-order valence-electron chi connectivity index (χ4n) is 19.8. The van der Waals surface area contributed by atoms with Crippen LogP contribution < -0.4 is 32.7 Å². The van der Waals surface area contributed by atoms with Gasteiger partial charge in [0.15, 0.2) is 31.1 Å². The van der Waals surface area contributed by atoms with E-state index in [0.717, 1.165) is 64.2 Å². The highest BCUT2D eigenvalue weighted by Gasteiger charge is 2.57. The number of nitrogens with zero attached hydrogens (tertiary/aromatic N) is 6. The zero-order chi connectivity index (χ0) is 95.0. The number of carboxylic acid groups (broad SMARTS) is 2. The number of carbonyl (C=O) groups excluding carboxylic acids is 4. The van der Waals surface area contributed by atoms with Crippen molar-refractivity contribution < 1.29 is 156 Å². The van der Waals surface area contributed by atoms with Gasteiger partial charge in [-0.1, -0.05) is 101 Å². The molecule has 132 heavy (non-hydrogen) atoms. The van der Waals surface area contributed by atoms with Crippen molar-refractivity contribution in [3.05, 3.63) is 23.8 Å². The first-order chi connectivity index (χ1) is 63.6. The third-order valence-electron chi connectivity index (χ3n) is 27.1. The number of carbonyl (C=O) groups is 6. The molecule has 20 N–H and O–H groups in total. The monoisotopic (exact) mass is 1890 g/mol. The average molecular weight is 1890 g/mol. The summed E-state index contributed by atoms with van der Waals surface area (Å²) in [6.45, 7) is 8.30. The molecule has 4 amide bonds. The van der Waals surface area contributed by atoms with E-state index >= 15 is 0 Å². The van der Waals surface area contributed by atoms with E-state index < -0.39 is 214 Å². The number of rotatable bonds is 55. The number of aryl methyl sites for hydroxylation is 2. The van der Waals surface area contributed by atoms with Gasteiger partial charge in [-0.15, -0.1) is 10.2 Å². The lowest BCUT2D eigenvalue weighted by atomic mass is 9.68. The van der Waals surface area contributed by atoms with Crippen molar-refractivity contribution in [1.82, 2.24) is 51.3 Å². The Morgan fingerprint density at radius 1 is 0.530 bits per heavy atom. The SMILES string of the molecule is CCC1CC(C(=O)NCCN)C[C@@H](O[C@@H]2OC(CO)[C@H](O)C(O[C@@H](CC3CCCCC3)C(=O)O)C2NC(=O)CCCn2cc(COCCOCCOCCOCCOCc3cn(CCCC(=O)NC4C(O[C@@H](CC5CCCCC5)C(=O)O)[C@@H](O)C(CO)O[C@H]4O[C@@H]4CC(C(=O)NCCN)CC(CC)C4O[C@@H]4OC(C)CC(O)(CO)C4O)nn3)nn2)C1C[C@@H]1OC(C)[C@@H](O)C(O)C1O. The largest absolute Gasteiger partial charge is 0.479 e. The quantitative estimate of drug-likeness (QED) is 0.0326. The lowest BCUT2D eigenvalue weighted by Gasteiger charge is -2.50. The van der Waals surface area contributed by atoms with Crippen LogP contribution in [0.25, 0.3) is 0 Å². The number of carboxylic acids is 2. The molecule has 4 aliphatic heterocycles. The molecule has 0 radical (unpaired) electrons. The number of aliphatic hydroxyl groups excluding tert-OH is 9. The fraction of sp³-hybridized carbons (Fsp3) is 0.886. The summed E-state index contributed by atoms with van der Waals surface area (Å²) in [5.74, 6) is -6.72. The second kappa shape index (κ2) is 55.0. The van der Waals surface area contributed by atoms with E-state index in [2.05, 4.69) is 41.9 Å². The predicted octanol–water partition coefficient (Wildman–Crippen LogP) is -1.77. The van der Waals surface area contributed by atoms with Crippen molar-refractivity contribution in [2.45, 2.75) is 355 Å². The van der Waals surface area contributed by atoms with Gasteiger partial charge in [0.2, 0.25) is 23.6 Å².